The summed E-state index contributed by atoms with van der Waals surface area (Å²) in [6.45, 7) is 5.62. The highest BCUT2D eigenvalue weighted by Crippen LogP contribution is 2.29. The summed E-state index contributed by atoms with van der Waals surface area (Å²) in [4.78, 5) is 8.13. The van der Waals surface area contributed by atoms with E-state index in [-0.39, 0.29) is 6.10 Å². The van der Waals surface area contributed by atoms with Gasteiger partial charge in [0.1, 0.15) is 30.0 Å². The average molecular weight is 437 g/mol. The number of imidazole rings is 1. The van der Waals surface area contributed by atoms with Gasteiger partial charge in [-0.15, -0.1) is 0 Å². The lowest BCUT2D eigenvalue weighted by Crippen LogP contribution is -2.08. The normalized spacial score (nSPS) is 12.1. The number of nitrogens with one attached hydrogen (secondary N) is 1. The van der Waals surface area contributed by atoms with Crippen LogP contribution < -0.4 is 9.47 Å². The Hall–Kier alpha value is -3.02. The van der Waals surface area contributed by atoms with Crippen LogP contribution in [0.2, 0.25) is 5.02 Å². The number of aromatic amines is 1. The van der Waals surface area contributed by atoms with Crippen molar-refractivity contribution in [3.63, 3.8) is 0 Å². The van der Waals surface area contributed by atoms with Gasteiger partial charge in [-0.25, -0.2) is 4.98 Å². The SMILES string of the molecule is CCOc1ccc2[nH]c(C(OCC)c3ccc(OCc4ccc(Cl)cc4)cc3)nc2c1. The van der Waals surface area contributed by atoms with Gasteiger partial charge in [-0.3, -0.25) is 0 Å². The first kappa shape index (κ1) is 21.2. The van der Waals surface area contributed by atoms with Crippen LogP contribution in [0.25, 0.3) is 11.0 Å². The Bertz CT molecular complexity index is 1120. The van der Waals surface area contributed by atoms with Gasteiger partial charge in [0.15, 0.2) is 0 Å². The Morgan fingerprint density at radius 1 is 0.871 bits per heavy atom. The molecule has 1 aromatic heterocycles. The number of fused-ring (bicyclic) bond motifs is 1. The monoisotopic (exact) mass is 436 g/mol. The topological polar surface area (TPSA) is 56.4 Å². The predicted molar refractivity (Wildman–Crippen MR) is 123 cm³/mol. The zero-order chi connectivity index (χ0) is 21.6. The minimum atomic E-state index is -0.293. The highest BCUT2D eigenvalue weighted by Gasteiger charge is 2.19. The first-order valence-corrected chi connectivity index (χ1v) is 10.8. The van der Waals surface area contributed by atoms with E-state index in [2.05, 4.69) is 4.98 Å². The molecule has 3 aromatic carbocycles. The van der Waals surface area contributed by atoms with E-state index in [9.17, 15) is 0 Å². The van der Waals surface area contributed by atoms with E-state index < -0.39 is 0 Å². The molecule has 4 aromatic rings. The summed E-state index contributed by atoms with van der Waals surface area (Å²) in [6, 6.07) is 21.4. The molecular weight excluding hydrogens is 412 g/mol. The maximum Gasteiger partial charge on any atom is 0.141 e. The summed E-state index contributed by atoms with van der Waals surface area (Å²) in [5, 5.41) is 0.717. The van der Waals surface area contributed by atoms with Gasteiger partial charge in [0.2, 0.25) is 0 Å². The molecule has 0 aliphatic heterocycles. The van der Waals surface area contributed by atoms with E-state index >= 15 is 0 Å². The first-order valence-electron chi connectivity index (χ1n) is 10.4. The number of hydrogen-bond donors (Lipinski definition) is 1. The maximum absolute atomic E-state index is 6.02. The second kappa shape index (κ2) is 9.86. The molecule has 1 heterocycles. The second-order valence-corrected chi connectivity index (χ2v) is 7.49. The van der Waals surface area contributed by atoms with Gasteiger partial charge in [-0.2, -0.15) is 0 Å². The third kappa shape index (κ3) is 5.19. The van der Waals surface area contributed by atoms with Gasteiger partial charge in [-0.1, -0.05) is 35.9 Å². The molecule has 5 nitrogen and oxygen atoms in total. The van der Waals surface area contributed by atoms with Crippen LogP contribution in [0.15, 0.2) is 66.7 Å². The van der Waals surface area contributed by atoms with Crippen molar-refractivity contribution in [1.82, 2.24) is 9.97 Å². The van der Waals surface area contributed by atoms with Crippen molar-refractivity contribution in [3.05, 3.63) is 88.7 Å². The Balaban J connectivity index is 1.51. The smallest absolute Gasteiger partial charge is 0.141 e. The first-order chi connectivity index (χ1) is 15.2. The summed E-state index contributed by atoms with van der Waals surface area (Å²) in [6.07, 6.45) is -0.293. The van der Waals surface area contributed by atoms with Crippen molar-refractivity contribution >= 4 is 22.6 Å². The average Bonchev–Trinajstić information content (AvgIpc) is 3.21. The molecule has 1 unspecified atom stereocenters. The zero-order valence-electron chi connectivity index (χ0n) is 17.6. The number of benzene rings is 3. The molecule has 0 spiro atoms. The number of nitrogens with zero attached hydrogens (tertiary/aromatic N) is 1. The minimum Gasteiger partial charge on any atom is -0.494 e. The van der Waals surface area contributed by atoms with Gasteiger partial charge in [0.05, 0.1) is 17.6 Å². The van der Waals surface area contributed by atoms with Crippen LogP contribution in [0, 0.1) is 0 Å². The highest BCUT2D eigenvalue weighted by molar-refractivity contribution is 6.30. The van der Waals surface area contributed by atoms with Gasteiger partial charge in [0, 0.05) is 17.7 Å². The summed E-state index contributed by atoms with van der Waals surface area (Å²) >= 11 is 5.93. The van der Waals surface area contributed by atoms with Crippen molar-refractivity contribution in [2.45, 2.75) is 26.6 Å². The van der Waals surface area contributed by atoms with E-state index in [1.54, 1.807) is 0 Å². The summed E-state index contributed by atoms with van der Waals surface area (Å²) in [5.74, 6) is 2.36. The number of rotatable bonds is 9. The van der Waals surface area contributed by atoms with E-state index in [0.717, 1.165) is 44.5 Å². The van der Waals surface area contributed by atoms with Crippen LogP contribution in [0.3, 0.4) is 0 Å². The van der Waals surface area contributed by atoms with E-state index in [0.29, 0.717) is 19.8 Å². The molecular formula is C25H25ClN2O3. The summed E-state index contributed by atoms with van der Waals surface area (Å²) < 4.78 is 17.5. The molecule has 0 saturated heterocycles. The largest absolute Gasteiger partial charge is 0.494 e. The Labute approximate surface area is 186 Å². The molecule has 0 saturated carbocycles. The van der Waals surface area contributed by atoms with Crippen LogP contribution in [0.5, 0.6) is 11.5 Å². The minimum absolute atomic E-state index is 0.293. The van der Waals surface area contributed by atoms with Crippen LogP contribution in [-0.2, 0) is 11.3 Å². The fourth-order valence-corrected chi connectivity index (χ4v) is 3.50. The van der Waals surface area contributed by atoms with E-state index in [1.165, 1.54) is 0 Å². The number of ether oxygens (including phenoxy) is 3. The van der Waals surface area contributed by atoms with Crippen molar-refractivity contribution < 1.29 is 14.2 Å². The fourth-order valence-electron chi connectivity index (χ4n) is 3.37. The third-order valence-corrected chi connectivity index (χ3v) is 5.12. The third-order valence-electron chi connectivity index (χ3n) is 4.87. The number of H-pyrrole nitrogens is 1. The molecule has 0 fully saturated rings. The number of halogens is 1. The van der Waals surface area contributed by atoms with Gasteiger partial charge in [0.25, 0.3) is 0 Å². The fraction of sp³-hybridized carbons (Fsp3) is 0.240. The number of hydrogen-bond acceptors (Lipinski definition) is 4. The molecule has 0 aliphatic rings. The van der Waals surface area contributed by atoms with Crippen molar-refractivity contribution in [2.75, 3.05) is 13.2 Å². The van der Waals surface area contributed by atoms with Crippen molar-refractivity contribution in [2.24, 2.45) is 0 Å². The molecule has 1 N–H and O–H groups in total. The maximum atomic E-state index is 6.02. The standard InChI is InChI=1S/C25H25ClN2O3/c1-3-29-21-13-14-22-23(15-21)28-25(27-22)24(30-4-2)18-7-11-20(12-8-18)31-16-17-5-9-19(26)10-6-17/h5-15,24H,3-4,16H2,1-2H3,(H,27,28). The predicted octanol–water partition coefficient (Wildman–Crippen LogP) is 6.32. The Kier molecular flexibility index (Phi) is 6.75. The van der Waals surface area contributed by atoms with Gasteiger partial charge >= 0.3 is 0 Å². The number of aromatic nitrogens is 2. The second-order valence-electron chi connectivity index (χ2n) is 7.05. The quantitative estimate of drug-likeness (QED) is 0.333. The Morgan fingerprint density at radius 2 is 1.61 bits per heavy atom. The zero-order valence-corrected chi connectivity index (χ0v) is 18.4. The van der Waals surface area contributed by atoms with E-state index in [1.807, 2.05) is 80.6 Å². The van der Waals surface area contributed by atoms with Crippen LogP contribution >= 0.6 is 11.6 Å². The van der Waals surface area contributed by atoms with Crippen LogP contribution in [0.1, 0.15) is 36.9 Å². The molecule has 1 atom stereocenters. The molecule has 4 rings (SSSR count). The molecule has 6 heteroatoms. The lowest BCUT2D eigenvalue weighted by Gasteiger charge is -2.16. The van der Waals surface area contributed by atoms with E-state index in [4.69, 9.17) is 30.8 Å². The molecule has 0 amide bonds. The summed E-state index contributed by atoms with van der Waals surface area (Å²) in [5.41, 5.74) is 3.87. The van der Waals surface area contributed by atoms with Gasteiger partial charge in [-0.05, 0) is 61.4 Å². The molecule has 31 heavy (non-hydrogen) atoms. The van der Waals surface area contributed by atoms with Crippen LogP contribution in [-0.4, -0.2) is 23.2 Å². The Morgan fingerprint density at radius 3 is 2.32 bits per heavy atom. The van der Waals surface area contributed by atoms with Crippen LogP contribution in [0.4, 0.5) is 0 Å². The highest BCUT2D eigenvalue weighted by atomic mass is 35.5. The van der Waals surface area contributed by atoms with Gasteiger partial charge < -0.3 is 19.2 Å². The molecule has 0 radical (unpaired) electrons. The van der Waals surface area contributed by atoms with Crippen molar-refractivity contribution in [3.8, 4) is 11.5 Å². The molecule has 0 aliphatic carbocycles. The van der Waals surface area contributed by atoms with Crippen molar-refractivity contribution in [1.29, 1.82) is 0 Å². The lowest BCUT2D eigenvalue weighted by atomic mass is 10.1. The summed E-state index contributed by atoms with van der Waals surface area (Å²) in [7, 11) is 0. The molecule has 0 bridgehead atoms. The lowest BCUT2D eigenvalue weighted by molar-refractivity contribution is 0.0859. The molecule has 160 valence electrons.